The number of amides is 1. The predicted octanol–water partition coefficient (Wildman–Crippen LogP) is 1.93. The first-order valence-electron chi connectivity index (χ1n) is 8.14. The third-order valence-corrected chi connectivity index (χ3v) is 3.88. The minimum Gasteiger partial charge on any atom is -0.490 e. The first-order chi connectivity index (χ1) is 13.0. The van der Waals surface area contributed by atoms with Gasteiger partial charge in [0.25, 0.3) is 5.91 Å². The number of nitrogens with zero attached hydrogens (tertiary/aromatic N) is 4. The molecule has 10 nitrogen and oxygen atoms in total. The van der Waals surface area contributed by atoms with Gasteiger partial charge in [-0.2, -0.15) is 10.2 Å². The molecule has 0 saturated carbocycles. The monoisotopic (exact) mass is 370 g/mol. The molecule has 3 rings (SSSR count). The fourth-order valence-corrected chi connectivity index (χ4v) is 2.54. The number of H-pyrrole nitrogens is 1. The lowest BCUT2D eigenvalue weighted by Crippen LogP contribution is -2.27. The van der Waals surface area contributed by atoms with E-state index in [1.165, 1.54) is 13.2 Å². The van der Waals surface area contributed by atoms with E-state index in [0.717, 1.165) is 5.69 Å². The van der Waals surface area contributed by atoms with Crippen LogP contribution in [0.25, 0.3) is 11.3 Å². The molecule has 0 aliphatic carbocycles. The van der Waals surface area contributed by atoms with Gasteiger partial charge in [-0.3, -0.25) is 24.7 Å². The maximum absolute atomic E-state index is 11.9. The first kappa shape index (κ1) is 18.1. The molecule has 0 atom stereocenters. The molecule has 2 heterocycles. The van der Waals surface area contributed by atoms with Crippen LogP contribution < -0.4 is 10.1 Å². The van der Waals surface area contributed by atoms with E-state index in [4.69, 9.17) is 4.74 Å². The molecule has 0 unspecified atom stereocenters. The number of nitro groups is 1. The van der Waals surface area contributed by atoms with Crippen molar-refractivity contribution >= 4 is 11.6 Å². The van der Waals surface area contributed by atoms with Crippen molar-refractivity contribution in [1.29, 1.82) is 0 Å². The largest absolute Gasteiger partial charge is 0.490 e. The molecule has 0 radical (unpaired) electrons. The highest BCUT2D eigenvalue weighted by Crippen LogP contribution is 2.31. The molecule has 1 amide bonds. The zero-order valence-electron chi connectivity index (χ0n) is 14.8. The van der Waals surface area contributed by atoms with E-state index in [2.05, 4.69) is 20.6 Å². The molecule has 10 heteroatoms. The zero-order chi connectivity index (χ0) is 19.4. The van der Waals surface area contributed by atoms with Crippen LogP contribution in [0, 0.1) is 17.0 Å². The molecule has 3 aromatic rings. The lowest BCUT2D eigenvalue weighted by atomic mass is 10.1. The second-order valence-electron chi connectivity index (χ2n) is 5.80. The number of benzene rings is 1. The van der Waals surface area contributed by atoms with Crippen LogP contribution in [-0.2, 0) is 6.54 Å². The summed E-state index contributed by atoms with van der Waals surface area (Å²) in [5.74, 6) is -0.0829. The lowest BCUT2D eigenvalue weighted by molar-refractivity contribution is -0.385. The van der Waals surface area contributed by atoms with Crippen molar-refractivity contribution in [1.82, 2.24) is 25.3 Å². The Morgan fingerprint density at radius 3 is 2.85 bits per heavy atom. The van der Waals surface area contributed by atoms with E-state index < -0.39 is 4.92 Å². The number of aromatic amines is 1. The van der Waals surface area contributed by atoms with Crippen LogP contribution >= 0.6 is 0 Å². The van der Waals surface area contributed by atoms with Crippen LogP contribution in [0.15, 0.2) is 36.5 Å². The summed E-state index contributed by atoms with van der Waals surface area (Å²) in [6, 6.07) is 8.05. The van der Waals surface area contributed by atoms with Gasteiger partial charge >= 0.3 is 5.69 Å². The number of aromatic nitrogens is 4. The van der Waals surface area contributed by atoms with Crippen molar-refractivity contribution in [3.63, 3.8) is 0 Å². The van der Waals surface area contributed by atoms with Crippen molar-refractivity contribution < 1.29 is 14.5 Å². The highest BCUT2D eigenvalue weighted by Gasteiger charge is 2.16. The standard InChI is InChI=1S/C17H18N6O4/c1-11-9-14(20-19-11)17(24)18-6-8-22-7-5-13(21-22)12-3-4-15(23(25)26)16(10-12)27-2/h3-5,7,9-10H,6,8H2,1-2H3,(H,18,24)(H,19,20). The molecule has 0 spiro atoms. The highest BCUT2D eigenvalue weighted by atomic mass is 16.6. The van der Waals surface area contributed by atoms with Gasteiger partial charge in [-0.25, -0.2) is 0 Å². The van der Waals surface area contributed by atoms with Crippen LogP contribution in [0.3, 0.4) is 0 Å². The fraction of sp³-hybridized carbons (Fsp3) is 0.235. The Morgan fingerprint density at radius 1 is 1.37 bits per heavy atom. The molecule has 1 aromatic carbocycles. The number of nitrogens with one attached hydrogen (secondary N) is 2. The van der Waals surface area contributed by atoms with Gasteiger partial charge in [0.2, 0.25) is 0 Å². The van der Waals surface area contributed by atoms with Crippen molar-refractivity contribution in [2.24, 2.45) is 0 Å². The number of carbonyl (C=O) groups is 1. The smallest absolute Gasteiger partial charge is 0.310 e. The third-order valence-electron chi connectivity index (χ3n) is 3.88. The highest BCUT2D eigenvalue weighted by molar-refractivity contribution is 5.92. The van der Waals surface area contributed by atoms with Gasteiger partial charge in [0, 0.05) is 30.1 Å². The van der Waals surface area contributed by atoms with Crippen LogP contribution in [0.2, 0.25) is 0 Å². The van der Waals surface area contributed by atoms with E-state index in [-0.39, 0.29) is 17.3 Å². The molecule has 27 heavy (non-hydrogen) atoms. The number of nitro benzene ring substituents is 1. The van der Waals surface area contributed by atoms with E-state index >= 15 is 0 Å². The van der Waals surface area contributed by atoms with E-state index in [9.17, 15) is 14.9 Å². The molecule has 0 bridgehead atoms. The fourth-order valence-electron chi connectivity index (χ4n) is 2.54. The van der Waals surface area contributed by atoms with Gasteiger partial charge in [0.1, 0.15) is 5.69 Å². The molecule has 0 fully saturated rings. The Hall–Kier alpha value is -3.69. The van der Waals surface area contributed by atoms with Crippen molar-refractivity contribution in [2.75, 3.05) is 13.7 Å². The van der Waals surface area contributed by atoms with Gasteiger partial charge in [-0.1, -0.05) is 0 Å². The van der Waals surface area contributed by atoms with Crippen molar-refractivity contribution in [3.8, 4) is 17.0 Å². The number of rotatable bonds is 7. The SMILES string of the molecule is COc1cc(-c2ccn(CCNC(=O)c3cc(C)[nH]n3)n2)ccc1[N+](=O)[O-]. The molecule has 0 aliphatic rings. The van der Waals surface area contributed by atoms with Gasteiger partial charge < -0.3 is 10.1 Å². The summed E-state index contributed by atoms with van der Waals surface area (Å²) < 4.78 is 6.76. The molecular weight excluding hydrogens is 352 g/mol. The number of aryl methyl sites for hydroxylation is 1. The van der Waals surface area contributed by atoms with E-state index in [0.29, 0.717) is 30.0 Å². The Kier molecular flexibility index (Phi) is 5.15. The van der Waals surface area contributed by atoms with Crippen molar-refractivity contribution in [2.45, 2.75) is 13.5 Å². The topological polar surface area (TPSA) is 128 Å². The Labute approximate surface area is 154 Å². The Bertz CT molecular complexity index is 977. The Morgan fingerprint density at radius 2 is 2.19 bits per heavy atom. The van der Waals surface area contributed by atoms with Gasteiger partial charge in [-0.15, -0.1) is 0 Å². The number of carbonyl (C=O) groups excluding carboxylic acids is 1. The number of hydrogen-bond donors (Lipinski definition) is 2. The molecule has 0 saturated heterocycles. The number of hydrogen-bond acceptors (Lipinski definition) is 6. The second-order valence-corrected chi connectivity index (χ2v) is 5.80. The van der Waals surface area contributed by atoms with Gasteiger partial charge in [0.05, 0.1) is 24.3 Å². The van der Waals surface area contributed by atoms with Crippen molar-refractivity contribution in [3.05, 3.63) is 58.0 Å². The molecule has 140 valence electrons. The average molecular weight is 370 g/mol. The van der Waals surface area contributed by atoms with Crippen LogP contribution in [0.5, 0.6) is 5.75 Å². The molecular formula is C17H18N6O4. The van der Waals surface area contributed by atoms with Crippen LogP contribution in [0.4, 0.5) is 5.69 Å². The predicted molar refractivity (Wildman–Crippen MR) is 96.5 cm³/mol. The lowest BCUT2D eigenvalue weighted by Gasteiger charge is -2.05. The van der Waals surface area contributed by atoms with Gasteiger partial charge in [0.15, 0.2) is 5.75 Å². The quantitative estimate of drug-likeness (QED) is 0.483. The summed E-state index contributed by atoms with van der Waals surface area (Å²) in [6.45, 7) is 2.68. The maximum atomic E-state index is 11.9. The van der Waals surface area contributed by atoms with Gasteiger partial charge in [-0.05, 0) is 31.2 Å². The number of methoxy groups -OCH3 is 1. The summed E-state index contributed by atoms with van der Waals surface area (Å²) in [4.78, 5) is 22.4. The number of ether oxygens (including phenoxy) is 1. The minimum absolute atomic E-state index is 0.100. The maximum Gasteiger partial charge on any atom is 0.310 e. The molecule has 2 N–H and O–H groups in total. The summed E-state index contributed by atoms with van der Waals surface area (Å²) in [6.07, 6.45) is 1.77. The summed E-state index contributed by atoms with van der Waals surface area (Å²) in [5.41, 5.74) is 2.41. The Balaban J connectivity index is 1.63. The molecule has 2 aromatic heterocycles. The summed E-state index contributed by atoms with van der Waals surface area (Å²) in [5, 5.41) is 24.8. The van der Waals surface area contributed by atoms with E-state index in [1.54, 1.807) is 35.1 Å². The third kappa shape index (κ3) is 4.11. The van der Waals surface area contributed by atoms with Crippen LogP contribution in [0.1, 0.15) is 16.2 Å². The van der Waals surface area contributed by atoms with Crippen LogP contribution in [-0.4, -0.2) is 44.5 Å². The first-order valence-corrected chi connectivity index (χ1v) is 8.14. The minimum atomic E-state index is -0.495. The summed E-state index contributed by atoms with van der Waals surface area (Å²) in [7, 11) is 1.38. The van der Waals surface area contributed by atoms with E-state index in [1.807, 2.05) is 6.92 Å². The second kappa shape index (κ2) is 7.68. The summed E-state index contributed by atoms with van der Waals surface area (Å²) >= 11 is 0. The average Bonchev–Trinajstić information content (AvgIpc) is 3.30. The zero-order valence-corrected chi connectivity index (χ0v) is 14.8. The molecule has 0 aliphatic heterocycles. The normalized spacial score (nSPS) is 10.6.